The maximum absolute atomic E-state index is 9.74. The van der Waals surface area contributed by atoms with Crippen LogP contribution in [0.15, 0.2) is 0 Å². The lowest BCUT2D eigenvalue weighted by Gasteiger charge is -2.35. The van der Waals surface area contributed by atoms with Crippen molar-refractivity contribution in [3.63, 3.8) is 0 Å². The van der Waals surface area contributed by atoms with Gasteiger partial charge in [-0.3, -0.25) is 0 Å². The molecule has 96 valence electrons. The predicted octanol–water partition coefficient (Wildman–Crippen LogP) is 2.95. The first-order valence-corrected chi connectivity index (χ1v) is 7.06. The van der Waals surface area contributed by atoms with Crippen LogP contribution in [-0.2, 0) is 0 Å². The van der Waals surface area contributed by atoms with Crippen molar-refractivity contribution in [3.05, 3.63) is 0 Å². The number of aliphatic hydroxyl groups excluding tert-OH is 1. The lowest BCUT2D eigenvalue weighted by Crippen LogP contribution is -2.43. The summed E-state index contributed by atoms with van der Waals surface area (Å²) in [5.41, 5.74) is 0. The van der Waals surface area contributed by atoms with E-state index in [1.165, 1.54) is 25.7 Å². The van der Waals surface area contributed by atoms with Gasteiger partial charge in [-0.25, -0.2) is 0 Å². The zero-order valence-corrected chi connectivity index (χ0v) is 11.2. The zero-order chi connectivity index (χ0) is 12.0. The van der Waals surface area contributed by atoms with E-state index in [2.05, 4.69) is 26.1 Å². The summed E-state index contributed by atoms with van der Waals surface area (Å²) in [6.07, 6.45) is 7.23. The summed E-state index contributed by atoms with van der Waals surface area (Å²) in [5.74, 6) is 1.57. The van der Waals surface area contributed by atoms with Crippen LogP contribution in [0.3, 0.4) is 0 Å². The van der Waals surface area contributed by atoms with E-state index in [-0.39, 0.29) is 6.10 Å². The summed E-state index contributed by atoms with van der Waals surface area (Å²) in [6, 6.07) is 0.639. The van der Waals surface area contributed by atoms with Gasteiger partial charge in [-0.1, -0.05) is 40.0 Å². The number of aliphatic hydroxyl groups is 1. The molecule has 0 amide bonds. The second kappa shape index (κ2) is 7.29. The van der Waals surface area contributed by atoms with Crippen molar-refractivity contribution >= 4 is 0 Å². The SMILES string of the molecule is CCCC(O)CNC1CCCCC1C(C)C. The Morgan fingerprint density at radius 2 is 1.94 bits per heavy atom. The second-order valence-corrected chi connectivity index (χ2v) is 5.65. The quantitative estimate of drug-likeness (QED) is 0.731. The molecule has 0 aromatic heterocycles. The Morgan fingerprint density at radius 3 is 2.56 bits per heavy atom. The van der Waals surface area contributed by atoms with Crippen molar-refractivity contribution in [1.82, 2.24) is 5.32 Å². The van der Waals surface area contributed by atoms with Gasteiger partial charge in [-0.15, -0.1) is 0 Å². The highest BCUT2D eigenvalue weighted by molar-refractivity contribution is 4.83. The molecule has 0 aliphatic heterocycles. The molecule has 3 unspecified atom stereocenters. The normalized spacial score (nSPS) is 28.3. The minimum atomic E-state index is -0.153. The fraction of sp³-hybridized carbons (Fsp3) is 1.00. The van der Waals surface area contributed by atoms with E-state index in [4.69, 9.17) is 0 Å². The molecule has 16 heavy (non-hydrogen) atoms. The van der Waals surface area contributed by atoms with E-state index in [1.807, 2.05) is 0 Å². The maximum Gasteiger partial charge on any atom is 0.0664 e. The molecule has 2 N–H and O–H groups in total. The minimum Gasteiger partial charge on any atom is -0.392 e. The third kappa shape index (κ3) is 4.42. The molecular formula is C14H29NO. The zero-order valence-electron chi connectivity index (χ0n) is 11.2. The molecule has 1 fully saturated rings. The van der Waals surface area contributed by atoms with Crippen molar-refractivity contribution < 1.29 is 5.11 Å². The average Bonchev–Trinajstić information content (AvgIpc) is 2.27. The van der Waals surface area contributed by atoms with Crippen molar-refractivity contribution in [2.75, 3.05) is 6.54 Å². The van der Waals surface area contributed by atoms with E-state index in [0.29, 0.717) is 6.04 Å². The maximum atomic E-state index is 9.74. The van der Waals surface area contributed by atoms with Crippen LogP contribution in [0.5, 0.6) is 0 Å². The molecule has 1 rings (SSSR count). The standard InChI is InChI=1S/C14H29NO/c1-4-7-12(16)10-15-14-9-6-5-8-13(14)11(2)3/h11-16H,4-10H2,1-3H3. The molecule has 1 aliphatic rings. The molecule has 2 nitrogen and oxygen atoms in total. The van der Waals surface area contributed by atoms with E-state index < -0.39 is 0 Å². The molecule has 0 saturated heterocycles. The Labute approximate surface area is 101 Å². The fourth-order valence-electron chi connectivity index (χ4n) is 2.93. The first kappa shape index (κ1) is 14.0. The van der Waals surface area contributed by atoms with E-state index in [1.54, 1.807) is 0 Å². The highest BCUT2D eigenvalue weighted by atomic mass is 16.3. The van der Waals surface area contributed by atoms with Gasteiger partial charge in [0.15, 0.2) is 0 Å². The number of rotatable bonds is 6. The predicted molar refractivity (Wildman–Crippen MR) is 69.5 cm³/mol. The molecule has 0 bridgehead atoms. The Morgan fingerprint density at radius 1 is 1.25 bits per heavy atom. The molecule has 1 aliphatic carbocycles. The van der Waals surface area contributed by atoms with Gasteiger partial charge in [0, 0.05) is 12.6 Å². The molecular weight excluding hydrogens is 198 g/mol. The molecule has 0 radical (unpaired) electrons. The number of nitrogens with one attached hydrogen (secondary N) is 1. The van der Waals surface area contributed by atoms with Gasteiger partial charge in [0.1, 0.15) is 0 Å². The Bertz CT molecular complexity index is 182. The van der Waals surface area contributed by atoms with Gasteiger partial charge >= 0.3 is 0 Å². The van der Waals surface area contributed by atoms with Crippen LogP contribution >= 0.6 is 0 Å². The van der Waals surface area contributed by atoms with Crippen molar-refractivity contribution in [2.45, 2.75) is 71.4 Å². The van der Waals surface area contributed by atoms with Crippen LogP contribution in [0, 0.1) is 11.8 Å². The van der Waals surface area contributed by atoms with Crippen molar-refractivity contribution in [3.8, 4) is 0 Å². The van der Waals surface area contributed by atoms with Crippen LogP contribution in [0.25, 0.3) is 0 Å². The van der Waals surface area contributed by atoms with E-state index in [9.17, 15) is 5.11 Å². The monoisotopic (exact) mass is 227 g/mol. The molecule has 0 spiro atoms. The lowest BCUT2D eigenvalue weighted by molar-refractivity contribution is 0.135. The van der Waals surface area contributed by atoms with Crippen LogP contribution in [0.4, 0.5) is 0 Å². The summed E-state index contributed by atoms with van der Waals surface area (Å²) in [4.78, 5) is 0. The number of hydrogen-bond acceptors (Lipinski definition) is 2. The van der Waals surface area contributed by atoms with Crippen molar-refractivity contribution in [1.29, 1.82) is 0 Å². The molecule has 0 heterocycles. The largest absolute Gasteiger partial charge is 0.392 e. The third-order valence-corrected chi connectivity index (χ3v) is 3.91. The van der Waals surface area contributed by atoms with Crippen LogP contribution < -0.4 is 5.32 Å². The Kier molecular flexibility index (Phi) is 6.37. The van der Waals surface area contributed by atoms with Gasteiger partial charge in [0.05, 0.1) is 6.10 Å². The topological polar surface area (TPSA) is 32.3 Å². The Hall–Kier alpha value is -0.0800. The van der Waals surface area contributed by atoms with Crippen LogP contribution in [-0.4, -0.2) is 23.8 Å². The van der Waals surface area contributed by atoms with Gasteiger partial charge < -0.3 is 10.4 Å². The summed E-state index contributed by atoms with van der Waals surface area (Å²) >= 11 is 0. The highest BCUT2D eigenvalue weighted by Gasteiger charge is 2.27. The van der Waals surface area contributed by atoms with E-state index >= 15 is 0 Å². The summed E-state index contributed by atoms with van der Waals surface area (Å²) in [5, 5.41) is 13.3. The van der Waals surface area contributed by atoms with E-state index in [0.717, 1.165) is 31.2 Å². The fourth-order valence-corrected chi connectivity index (χ4v) is 2.93. The lowest BCUT2D eigenvalue weighted by atomic mass is 9.78. The molecule has 3 atom stereocenters. The van der Waals surface area contributed by atoms with Gasteiger partial charge in [0.2, 0.25) is 0 Å². The van der Waals surface area contributed by atoms with Gasteiger partial charge in [-0.2, -0.15) is 0 Å². The van der Waals surface area contributed by atoms with Crippen molar-refractivity contribution in [2.24, 2.45) is 11.8 Å². The van der Waals surface area contributed by atoms with Gasteiger partial charge in [-0.05, 0) is 31.1 Å². The summed E-state index contributed by atoms with van der Waals surface area (Å²) in [6.45, 7) is 7.56. The smallest absolute Gasteiger partial charge is 0.0664 e. The molecule has 0 aromatic rings. The molecule has 1 saturated carbocycles. The average molecular weight is 227 g/mol. The number of hydrogen-bond donors (Lipinski definition) is 2. The summed E-state index contributed by atoms with van der Waals surface area (Å²) < 4.78 is 0. The van der Waals surface area contributed by atoms with Gasteiger partial charge in [0.25, 0.3) is 0 Å². The highest BCUT2D eigenvalue weighted by Crippen LogP contribution is 2.30. The van der Waals surface area contributed by atoms with Crippen LogP contribution in [0.1, 0.15) is 59.3 Å². The molecule has 2 heteroatoms. The minimum absolute atomic E-state index is 0.153. The Balaban J connectivity index is 2.32. The first-order chi connectivity index (χ1) is 7.65. The van der Waals surface area contributed by atoms with Crippen LogP contribution in [0.2, 0.25) is 0 Å². The molecule has 0 aromatic carbocycles. The third-order valence-electron chi connectivity index (χ3n) is 3.91. The summed E-state index contributed by atoms with van der Waals surface area (Å²) in [7, 11) is 0. The second-order valence-electron chi connectivity index (χ2n) is 5.65. The first-order valence-electron chi connectivity index (χ1n) is 7.06.